The molecule has 0 saturated carbocycles. The summed E-state index contributed by atoms with van der Waals surface area (Å²) in [6.07, 6.45) is 8.89. The minimum Gasteiger partial charge on any atom is -0.493 e. The van der Waals surface area contributed by atoms with Gasteiger partial charge in [-0.2, -0.15) is 10.4 Å². The number of methoxy groups -OCH3 is 2. The van der Waals surface area contributed by atoms with Gasteiger partial charge >= 0.3 is 0 Å². The van der Waals surface area contributed by atoms with Crippen molar-refractivity contribution in [2.45, 2.75) is 26.9 Å². The molecule has 0 fully saturated rings. The summed E-state index contributed by atoms with van der Waals surface area (Å²) in [5.41, 5.74) is 4.04. The number of nitrogens with one attached hydrogen (secondary N) is 2. The Morgan fingerprint density at radius 1 is 1.19 bits per heavy atom. The highest BCUT2D eigenvalue weighted by molar-refractivity contribution is 6.03. The number of fused-ring (bicyclic) bond motifs is 1. The van der Waals surface area contributed by atoms with E-state index >= 15 is 0 Å². The number of carbonyl (C=O) groups is 1. The monoisotopic (exact) mass is 484 g/mol. The molecule has 1 amide bonds. The van der Waals surface area contributed by atoms with Crippen LogP contribution in [0.4, 0.5) is 0 Å². The van der Waals surface area contributed by atoms with Crippen LogP contribution in [-0.4, -0.2) is 39.9 Å². The van der Waals surface area contributed by atoms with E-state index in [1.807, 2.05) is 35.3 Å². The summed E-state index contributed by atoms with van der Waals surface area (Å²) in [4.78, 5) is 20.4. The first kappa shape index (κ1) is 24.5. The number of pyridine rings is 1. The molecule has 0 saturated heterocycles. The molecule has 0 aliphatic rings. The number of H-pyrrole nitrogens is 1. The van der Waals surface area contributed by atoms with E-state index in [9.17, 15) is 10.1 Å². The van der Waals surface area contributed by atoms with Gasteiger partial charge in [0.05, 0.1) is 20.4 Å². The Bertz CT molecular complexity index is 1460. The van der Waals surface area contributed by atoms with Gasteiger partial charge in [-0.25, -0.2) is 4.98 Å². The molecule has 3 aromatic heterocycles. The number of aromatic amines is 1. The lowest BCUT2D eigenvalue weighted by Crippen LogP contribution is -2.24. The van der Waals surface area contributed by atoms with Crippen molar-refractivity contribution in [3.05, 3.63) is 65.8 Å². The van der Waals surface area contributed by atoms with Crippen LogP contribution >= 0.6 is 0 Å². The number of hydrogen-bond donors (Lipinski definition) is 2. The van der Waals surface area contributed by atoms with E-state index in [0.29, 0.717) is 28.6 Å². The van der Waals surface area contributed by atoms with Crippen molar-refractivity contribution in [1.82, 2.24) is 25.1 Å². The summed E-state index contributed by atoms with van der Waals surface area (Å²) in [5.74, 6) is 1.18. The van der Waals surface area contributed by atoms with Gasteiger partial charge < -0.3 is 19.8 Å². The zero-order chi connectivity index (χ0) is 25.7. The fraction of sp³-hybridized carbons (Fsp3) is 0.259. The Labute approximate surface area is 209 Å². The number of rotatable bonds is 9. The quantitative estimate of drug-likeness (QED) is 0.270. The minimum absolute atomic E-state index is 0.00784. The van der Waals surface area contributed by atoms with Crippen LogP contribution in [0.3, 0.4) is 0 Å². The van der Waals surface area contributed by atoms with Crippen molar-refractivity contribution in [3.63, 3.8) is 0 Å². The molecular formula is C27H28N6O3. The van der Waals surface area contributed by atoms with Crippen LogP contribution in [0.2, 0.25) is 0 Å². The van der Waals surface area contributed by atoms with Gasteiger partial charge in [0, 0.05) is 53.8 Å². The zero-order valence-electron chi connectivity index (χ0n) is 20.7. The Morgan fingerprint density at radius 3 is 2.72 bits per heavy atom. The van der Waals surface area contributed by atoms with E-state index < -0.39 is 5.91 Å². The number of benzene rings is 1. The number of ether oxygens (including phenoxy) is 2. The first-order valence-corrected chi connectivity index (χ1v) is 11.5. The van der Waals surface area contributed by atoms with E-state index in [4.69, 9.17) is 9.47 Å². The lowest BCUT2D eigenvalue weighted by molar-refractivity contribution is -0.117. The molecule has 2 N–H and O–H groups in total. The lowest BCUT2D eigenvalue weighted by Gasteiger charge is -2.10. The summed E-state index contributed by atoms with van der Waals surface area (Å²) < 4.78 is 12.5. The largest absolute Gasteiger partial charge is 0.493 e. The summed E-state index contributed by atoms with van der Waals surface area (Å²) in [6.45, 7) is 5.35. The molecule has 9 nitrogen and oxygen atoms in total. The van der Waals surface area contributed by atoms with Gasteiger partial charge in [-0.1, -0.05) is 19.9 Å². The topological polar surface area (TPSA) is 118 Å². The maximum Gasteiger partial charge on any atom is 0.262 e. The van der Waals surface area contributed by atoms with Gasteiger partial charge in [-0.3, -0.25) is 9.48 Å². The van der Waals surface area contributed by atoms with E-state index in [0.717, 1.165) is 28.6 Å². The summed E-state index contributed by atoms with van der Waals surface area (Å²) >= 11 is 0. The van der Waals surface area contributed by atoms with Crippen molar-refractivity contribution in [2.75, 3.05) is 14.2 Å². The van der Waals surface area contributed by atoms with Crippen molar-refractivity contribution >= 4 is 23.0 Å². The average molecular weight is 485 g/mol. The van der Waals surface area contributed by atoms with E-state index in [1.165, 1.54) is 0 Å². The smallest absolute Gasteiger partial charge is 0.262 e. The van der Waals surface area contributed by atoms with Gasteiger partial charge in [0.25, 0.3) is 5.91 Å². The Hall–Kier alpha value is -4.58. The molecule has 0 bridgehead atoms. The molecule has 3 heterocycles. The molecular weight excluding hydrogens is 456 g/mol. The van der Waals surface area contributed by atoms with E-state index in [2.05, 4.69) is 34.2 Å². The second-order valence-corrected chi connectivity index (χ2v) is 8.75. The molecule has 0 radical (unpaired) electrons. The van der Waals surface area contributed by atoms with Gasteiger partial charge in [-0.05, 0) is 35.8 Å². The first-order chi connectivity index (χ1) is 17.4. The highest BCUT2D eigenvalue weighted by Gasteiger charge is 2.13. The predicted octanol–water partition coefficient (Wildman–Crippen LogP) is 4.32. The van der Waals surface area contributed by atoms with Crippen LogP contribution in [0.25, 0.3) is 28.2 Å². The normalized spacial score (nSPS) is 11.5. The van der Waals surface area contributed by atoms with Crippen LogP contribution in [-0.2, 0) is 17.9 Å². The van der Waals surface area contributed by atoms with Crippen LogP contribution < -0.4 is 14.8 Å². The van der Waals surface area contributed by atoms with Gasteiger partial charge in [0.15, 0.2) is 11.5 Å². The number of nitriles is 1. The number of hydrogen-bond acceptors (Lipinski definition) is 6. The molecule has 0 aliphatic heterocycles. The third-order valence-corrected chi connectivity index (χ3v) is 5.65. The molecule has 184 valence electrons. The number of aromatic nitrogens is 4. The molecule has 1 aromatic carbocycles. The second-order valence-electron chi connectivity index (χ2n) is 8.75. The fourth-order valence-electron chi connectivity index (χ4n) is 3.86. The first-order valence-electron chi connectivity index (χ1n) is 11.5. The minimum atomic E-state index is -0.472. The molecule has 4 rings (SSSR count). The zero-order valence-corrected chi connectivity index (χ0v) is 20.7. The van der Waals surface area contributed by atoms with Gasteiger partial charge in [0.2, 0.25) is 0 Å². The van der Waals surface area contributed by atoms with Gasteiger partial charge in [0.1, 0.15) is 17.3 Å². The van der Waals surface area contributed by atoms with Crippen molar-refractivity contribution < 1.29 is 14.3 Å². The Morgan fingerprint density at radius 2 is 2.00 bits per heavy atom. The van der Waals surface area contributed by atoms with E-state index in [1.54, 1.807) is 44.8 Å². The molecule has 0 spiro atoms. The highest BCUT2D eigenvalue weighted by atomic mass is 16.5. The van der Waals surface area contributed by atoms with Crippen molar-refractivity contribution in [2.24, 2.45) is 5.92 Å². The van der Waals surface area contributed by atoms with Crippen molar-refractivity contribution in [3.8, 4) is 28.7 Å². The summed E-state index contributed by atoms with van der Waals surface area (Å²) in [5, 5.41) is 17.7. The maximum atomic E-state index is 12.8. The second kappa shape index (κ2) is 10.8. The Kier molecular flexibility index (Phi) is 7.35. The van der Waals surface area contributed by atoms with Crippen molar-refractivity contribution in [1.29, 1.82) is 5.26 Å². The summed E-state index contributed by atoms with van der Waals surface area (Å²) in [6, 6.07) is 9.37. The average Bonchev–Trinajstić information content (AvgIpc) is 3.51. The van der Waals surface area contributed by atoms with Crippen LogP contribution in [0.1, 0.15) is 25.0 Å². The molecule has 0 unspecified atom stereocenters. The molecule has 4 aromatic rings. The third-order valence-electron chi connectivity index (χ3n) is 5.65. The standard InChI is InChI=1S/C27H28N6O3/c1-17(2)15-33-16-22(14-32-33)20-9-23-21(13-30-26(23)29-12-20)8-19(10-28)27(34)31-11-18-5-6-24(35-3)25(7-18)36-4/h5-9,12-14,16-17H,11,15H2,1-4H3,(H,29,30)(H,31,34)/b19-8+. The lowest BCUT2D eigenvalue weighted by atomic mass is 10.1. The molecule has 0 aliphatic carbocycles. The number of nitrogens with zero attached hydrogens (tertiary/aromatic N) is 4. The number of carbonyl (C=O) groups excluding carboxylic acids is 1. The fourth-order valence-corrected chi connectivity index (χ4v) is 3.86. The molecule has 0 atom stereocenters. The highest BCUT2D eigenvalue weighted by Crippen LogP contribution is 2.28. The maximum absolute atomic E-state index is 12.8. The number of amides is 1. The SMILES string of the molecule is COc1ccc(CNC(=O)/C(C#N)=C/c2c[nH]c3ncc(-c4cnn(CC(C)C)c4)cc23)cc1OC. The summed E-state index contributed by atoms with van der Waals surface area (Å²) in [7, 11) is 3.11. The van der Waals surface area contributed by atoms with Crippen LogP contribution in [0, 0.1) is 17.2 Å². The van der Waals surface area contributed by atoms with Crippen LogP contribution in [0.5, 0.6) is 11.5 Å². The third kappa shape index (κ3) is 5.39. The van der Waals surface area contributed by atoms with Gasteiger partial charge in [-0.15, -0.1) is 0 Å². The van der Waals surface area contributed by atoms with E-state index in [-0.39, 0.29) is 12.1 Å². The Balaban J connectivity index is 1.54. The molecule has 36 heavy (non-hydrogen) atoms. The predicted molar refractivity (Wildman–Crippen MR) is 137 cm³/mol. The van der Waals surface area contributed by atoms with Crippen LogP contribution in [0.15, 0.2) is 54.6 Å². The molecule has 9 heteroatoms.